The van der Waals surface area contributed by atoms with Crippen LogP contribution >= 0.6 is 11.3 Å². The van der Waals surface area contributed by atoms with E-state index in [1.807, 2.05) is 18.4 Å². The predicted molar refractivity (Wildman–Crippen MR) is 104 cm³/mol. The molecule has 0 atom stereocenters. The molecular formula is C19H13N5O4S. The van der Waals surface area contributed by atoms with Crippen molar-refractivity contribution in [3.8, 4) is 28.1 Å². The van der Waals surface area contributed by atoms with Crippen molar-refractivity contribution in [1.82, 2.24) is 19.9 Å². The Morgan fingerprint density at radius 2 is 1.90 bits per heavy atom. The van der Waals surface area contributed by atoms with Crippen LogP contribution in [0.2, 0.25) is 0 Å². The van der Waals surface area contributed by atoms with Crippen molar-refractivity contribution in [2.45, 2.75) is 6.92 Å². The minimum Gasteiger partial charge on any atom is -0.463 e. The molecule has 0 aliphatic rings. The summed E-state index contributed by atoms with van der Waals surface area (Å²) in [4.78, 5) is 17.2. The van der Waals surface area contributed by atoms with Crippen molar-refractivity contribution in [3.63, 3.8) is 0 Å². The van der Waals surface area contributed by atoms with Crippen LogP contribution in [0.25, 0.3) is 28.1 Å². The molecule has 0 unspecified atom stereocenters. The van der Waals surface area contributed by atoms with E-state index >= 15 is 0 Å². The number of nitrogens with one attached hydrogen (secondary N) is 1. The van der Waals surface area contributed by atoms with Crippen molar-refractivity contribution in [2.75, 3.05) is 5.32 Å². The summed E-state index contributed by atoms with van der Waals surface area (Å²) in [6.07, 6.45) is 3.11. The Morgan fingerprint density at radius 1 is 1.10 bits per heavy atom. The first-order chi connectivity index (χ1) is 14.2. The molecule has 5 heterocycles. The molecule has 0 aromatic carbocycles. The lowest BCUT2D eigenvalue weighted by molar-refractivity contribution is 0.101. The highest BCUT2D eigenvalue weighted by Gasteiger charge is 2.19. The molecule has 144 valence electrons. The molecule has 0 aliphatic heterocycles. The molecule has 0 fully saturated rings. The molecule has 0 bridgehead atoms. The minimum atomic E-state index is -0.435. The first-order valence-electron chi connectivity index (χ1n) is 8.56. The van der Waals surface area contributed by atoms with E-state index in [1.165, 1.54) is 23.7 Å². The number of thiazole rings is 1. The molecule has 5 aromatic heterocycles. The van der Waals surface area contributed by atoms with Crippen LogP contribution in [0, 0.1) is 6.92 Å². The van der Waals surface area contributed by atoms with Gasteiger partial charge in [0.25, 0.3) is 5.91 Å². The Kier molecular flexibility index (Phi) is 4.10. The fraction of sp³-hybridized carbons (Fsp3) is 0.0526. The fourth-order valence-electron chi connectivity index (χ4n) is 2.73. The van der Waals surface area contributed by atoms with E-state index in [0.717, 1.165) is 5.69 Å². The van der Waals surface area contributed by atoms with E-state index in [-0.39, 0.29) is 5.69 Å². The number of amides is 1. The molecule has 10 heteroatoms. The van der Waals surface area contributed by atoms with E-state index < -0.39 is 5.91 Å². The standard InChI is InChI=1S/C19H13N5O4S/c1-11-8-17(21-18(25)12-9-16(28-23-12)15-5-3-7-27-15)24(22-11)19-20-13(10-29-19)14-4-2-6-26-14/h2-10H,1H3,(H,21,25). The van der Waals surface area contributed by atoms with Gasteiger partial charge in [-0.15, -0.1) is 11.3 Å². The fourth-order valence-corrected chi connectivity index (χ4v) is 3.51. The summed E-state index contributed by atoms with van der Waals surface area (Å²) >= 11 is 1.39. The summed E-state index contributed by atoms with van der Waals surface area (Å²) < 4.78 is 17.4. The minimum absolute atomic E-state index is 0.122. The van der Waals surface area contributed by atoms with Crippen LogP contribution in [0.4, 0.5) is 5.82 Å². The van der Waals surface area contributed by atoms with Crippen LogP contribution in [0.15, 0.2) is 67.7 Å². The molecule has 9 nitrogen and oxygen atoms in total. The largest absolute Gasteiger partial charge is 0.463 e. The van der Waals surface area contributed by atoms with Crippen LogP contribution < -0.4 is 5.32 Å². The summed E-state index contributed by atoms with van der Waals surface area (Å²) in [5.41, 5.74) is 1.55. The average Bonchev–Trinajstić information content (AvgIpc) is 3.52. The lowest BCUT2D eigenvalue weighted by Gasteiger charge is -2.04. The monoisotopic (exact) mass is 407 g/mol. The van der Waals surface area contributed by atoms with Crippen molar-refractivity contribution in [3.05, 3.63) is 65.7 Å². The van der Waals surface area contributed by atoms with Gasteiger partial charge < -0.3 is 18.7 Å². The van der Waals surface area contributed by atoms with Gasteiger partial charge in [-0.05, 0) is 31.2 Å². The third-order valence-electron chi connectivity index (χ3n) is 4.03. The van der Waals surface area contributed by atoms with Crippen molar-refractivity contribution >= 4 is 23.1 Å². The van der Waals surface area contributed by atoms with Crippen molar-refractivity contribution < 1.29 is 18.2 Å². The van der Waals surface area contributed by atoms with Crippen LogP contribution in [-0.4, -0.2) is 25.8 Å². The smallest absolute Gasteiger partial charge is 0.279 e. The van der Waals surface area contributed by atoms with Crippen LogP contribution in [-0.2, 0) is 0 Å². The number of aromatic nitrogens is 4. The topological polar surface area (TPSA) is 112 Å². The third-order valence-corrected chi connectivity index (χ3v) is 4.84. The average molecular weight is 407 g/mol. The second-order valence-corrected chi connectivity index (χ2v) is 6.92. The lowest BCUT2D eigenvalue weighted by atomic mass is 10.3. The van der Waals surface area contributed by atoms with E-state index in [2.05, 4.69) is 20.6 Å². The number of hydrogen-bond acceptors (Lipinski definition) is 8. The van der Waals surface area contributed by atoms with Gasteiger partial charge in [0.2, 0.25) is 10.9 Å². The molecule has 29 heavy (non-hydrogen) atoms. The third kappa shape index (κ3) is 3.25. The summed E-state index contributed by atoms with van der Waals surface area (Å²) in [7, 11) is 0. The maximum absolute atomic E-state index is 12.6. The molecule has 0 aliphatic carbocycles. The molecule has 0 saturated carbocycles. The van der Waals surface area contributed by atoms with Gasteiger partial charge in [0, 0.05) is 17.5 Å². The Labute approximate surface area is 167 Å². The van der Waals surface area contributed by atoms with Gasteiger partial charge >= 0.3 is 0 Å². The van der Waals surface area contributed by atoms with Gasteiger partial charge in [0.05, 0.1) is 18.2 Å². The number of carbonyl (C=O) groups is 1. The van der Waals surface area contributed by atoms with Gasteiger partial charge in [-0.25, -0.2) is 4.98 Å². The molecule has 5 aromatic rings. The quantitative estimate of drug-likeness (QED) is 0.459. The van der Waals surface area contributed by atoms with Crippen molar-refractivity contribution in [2.24, 2.45) is 0 Å². The van der Waals surface area contributed by atoms with Gasteiger partial charge in [0.15, 0.2) is 17.2 Å². The number of rotatable bonds is 5. The van der Waals surface area contributed by atoms with Gasteiger partial charge in [-0.1, -0.05) is 5.16 Å². The summed E-state index contributed by atoms with van der Waals surface area (Å²) in [5.74, 6) is 1.56. The van der Waals surface area contributed by atoms with E-state index in [0.29, 0.717) is 33.9 Å². The Bertz CT molecular complexity index is 1260. The van der Waals surface area contributed by atoms with E-state index in [1.54, 1.807) is 35.2 Å². The highest BCUT2D eigenvalue weighted by molar-refractivity contribution is 7.12. The number of furan rings is 2. The molecular weight excluding hydrogens is 394 g/mol. The van der Waals surface area contributed by atoms with Gasteiger partial charge in [0.1, 0.15) is 11.5 Å². The van der Waals surface area contributed by atoms with Gasteiger partial charge in [-0.3, -0.25) is 4.79 Å². The molecule has 1 amide bonds. The lowest BCUT2D eigenvalue weighted by Crippen LogP contribution is -2.15. The highest BCUT2D eigenvalue weighted by Crippen LogP contribution is 2.27. The Balaban J connectivity index is 1.41. The zero-order valence-electron chi connectivity index (χ0n) is 15.0. The molecule has 0 saturated heterocycles. The number of hydrogen-bond donors (Lipinski definition) is 1. The normalized spacial score (nSPS) is 11.1. The number of carbonyl (C=O) groups excluding carboxylic acids is 1. The van der Waals surface area contributed by atoms with Crippen LogP contribution in [0.3, 0.4) is 0 Å². The SMILES string of the molecule is Cc1cc(NC(=O)c2cc(-c3ccco3)on2)n(-c2nc(-c3ccco3)cs2)n1. The molecule has 1 N–H and O–H groups in total. The Morgan fingerprint density at radius 3 is 2.66 bits per heavy atom. The Hall–Kier alpha value is -3.92. The zero-order valence-corrected chi connectivity index (χ0v) is 15.8. The highest BCUT2D eigenvalue weighted by atomic mass is 32.1. The number of aryl methyl sites for hydroxylation is 1. The maximum Gasteiger partial charge on any atom is 0.279 e. The number of anilines is 1. The van der Waals surface area contributed by atoms with Crippen LogP contribution in [0.1, 0.15) is 16.2 Å². The van der Waals surface area contributed by atoms with Crippen molar-refractivity contribution in [1.29, 1.82) is 0 Å². The maximum atomic E-state index is 12.6. The molecule has 5 rings (SSSR count). The predicted octanol–water partition coefficient (Wildman–Crippen LogP) is 4.40. The van der Waals surface area contributed by atoms with E-state index in [4.69, 9.17) is 13.4 Å². The summed E-state index contributed by atoms with van der Waals surface area (Å²) in [6.45, 7) is 1.83. The molecule has 0 spiro atoms. The zero-order chi connectivity index (χ0) is 19.8. The first kappa shape index (κ1) is 17.2. The summed E-state index contributed by atoms with van der Waals surface area (Å²) in [5, 5.41) is 13.5. The van der Waals surface area contributed by atoms with Gasteiger partial charge in [-0.2, -0.15) is 9.78 Å². The molecule has 0 radical (unpaired) electrons. The second kappa shape index (κ2) is 6.91. The van der Waals surface area contributed by atoms with E-state index in [9.17, 15) is 4.79 Å². The van der Waals surface area contributed by atoms with Crippen LogP contribution in [0.5, 0.6) is 0 Å². The summed E-state index contributed by atoms with van der Waals surface area (Å²) in [6, 6.07) is 10.3. The second-order valence-electron chi connectivity index (χ2n) is 6.08. The first-order valence-corrected chi connectivity index (χ1v) is 9.44. The number of nitrogens with zero attached hydrogens (tertiary/aromatic N) is 4.